The molecule has 0 aliphatic rings. The number of pyridine rings is 1. The fourth-order valence-corrected chi connectivity index (χ4v) is 2.52. The Morgan fingerprint density at radius 1 is 1.23 bits per heavy atom. The summed E-state index contributed by atoms with van der Waals surface area (Å²) < 4.78 is 1.30. The fourth-order valence-electron chi connectivity index (χ4n) is 2.52. The summed E-state index contributed by atoms with van der Waals surface area (Å²) in [7, 11) is 3.90. The van der Waals surface area contributed by atoms with Crippen molar-refractivity contribution >= 4 is 11.5 Å². The predicted octanol–water partition coefficient (Wildman–Crippen LogP) is 1.47. The molecule has 0 radical (unpaired) electrons. The van der Waals surface area contributed by atoms with Crippen LogP contribution in [0.1, 0.15) is 17.1 Å². The molecule has 3 rings (SSSR count). The summed E-state index contributed by atoms with van der Waals surface area (Å²) in [6.45, 7) is 5.65. The molecule has 3 heterocycles. The minimum Gasteiger partial charge on any atom is -0.363 e. The van der Waals surface area contributed by atoms with Gasteiger partial charge >= 0.3 is 5.69 Å². The van der Waals surface area contributed by atoms with Crippen LogP contribution in [0.15, 0.2) is 17.1 Å². The van der Waals surface area contributed by atoms with E-state index in [1.807, 2.05) is 45.1 Å². The van der Waals surface area contributed by atoms with Gasteiger partial charge < -0.3 is 4.90 Å². The van der Waals surface area contributed by atoms with Gasteiger partial charge in [0.25, 0.3) is 0 Å². The molecule has 3 aromatic heterocycles. The zero-order chi connectivity index (χ0) is 16.0. The number of fused-ring (bicyclic) bond motifs is 1. The van der Waals surface area contributed by atoms with Crippen LogP contribution in [0.2, 0.25) is 0 Å². The molecule has 114 valence electrons. The van der Waals surface area contributed by atoms with Gasteiger partial charge in [-0.3, -0.25) is 4.98 Å². The maximum absolute atomic E-state index is 12.0. The van der Waals surface area contributed by atoms with Gasteiger partial charge in [0.2, 0.25) is 0 Å². The van der Waals surface area contributed by atoms with Gasteiger partial charge in [0.15, 0.2) is 5.65 Å². The third-order valence-corrected chi connectivity index (χ3v) is 3.61. The van der Waals surface area contributed by atoms with Crippen molar-refractivity contribution in [3.8, 4) is 11.1 Å². The fraction of sp³-hybridized carbons (Fsp3) is 0.333. The lowest BCUT2D eigenvalue weighted by Gasteiger charge is -2.13. The Labute approximate surface area is 127 Å². The predicted molar refractivity (Wildman–Crippen MR) is 85.4 cm³/mol. The molecule has 0 bridgehead atoms. The van der Waals surface area contributed by atoms with Crippen LogP contribution < -0.4 is 10.6 Å². The molecule has 0 saturated heterocycles. The number of aromatic nitrogens is 5. The number of aryl methyl sites for hydroxylation is 3. The van der Waals surface area contributed by atoms with E-state index in [2.05, 4.69) is 20.1 Å². The molecule has 0 spiro atoms. The highest BCUT2D eigenvalue weighted by Crippen LogP contribution is 2.30. The standard InChI is InChI=1S/C15H18N6O/c1-8-6-12(20(4)5)16-7-11(8)13-9(2)19-21-14(13)17-10(3)18-15(21)22/h6-7H,1-5H3,(H,17,18,22). The summed E-state index contributed by atoms with van der Waals surface area (Å²) in [4.78, 5) is 25.5. The molecule has 1 N–H and O–H groups in total. The van der Waals surface area contributed by atoms with E-state index in [-0.39, 0.29) is 5.69 Å². The van der Waals surface area contributed by atoms with E-state index in [0.717, 1.165) is 28.2 Å². The number of rotatable bonds is 2. The van der Waals surface area contributed by atoms with Gasteiger partial charge in [0, 0.05) is 25.9 Å². The second-order valence-electron chi connectivity index (χ2n) is 5.58. The lowest BCUT2D eigenvalue weighted by Crippen LogP contribution is -2.19. The first-order valence-electron chi connectivity index (χ1n) is 6.99. The highest BCUT2D eigenvalue weighted by atomic mass is 16.1. The van der Waals surface area contributed by atoms with E-state index in [1.165, 1.54) is 4.52 Å². The van der Waals surface area contributed by atoms with Crippen LogP contribution in [0.5, 0.6) is 0 Å². The van der Waals surface area contributed by atoms with Crippen LogP contribution in [0.4, 0.5) is 5.82 Å². The number of nitrogens with one attached hydrogen (secondary N) is 1. The topological polar surface area (TPSA) is 79.2 Å². The number of aromatic amines is 1. The maximum Gasteiger partial charge on any atom is 0.349 e. The molecule has 0 saturated carbocycles. The largest absolute Gasteiger partial charge is 0.363 e. The molecule has 0 unspecified atom stereocenters. The molecule has 0 atom stereocenters. The van der Waals surface area contributed by atoms with Crippen LogP contribution in [-0.4, -0.2) is 38.7 Å². The van der Waals surface area contributed by atoms with E-state index in [9.17, 15) is 4.79 Å². The van der Waals surface area contributed by atoms with Gasteiger partial charge in [-0.1, -0.05) is 0 Å². The van der Waals surface area contributed by atoms with Crippen LogP contribution >= 0.6 is 0 Å². The van der Waals surface area contributed by atoms with Gasteiger partial charge in [-0.25, -0.2) is 14.8 Å². The molecular weight excluding hydrogens is 280 g/mol. The smallest absolute Gasteiger partial charge is 0.349 e. The molecule has 0 fully saturated rings. The van der Waals surface area contributed by atoms with E-state index in [1.54, 1.807) is 6.92 Å². The zero-order valence-electron chi connectivity index (χ0n) is 13.3. The summed E-state index contributed by atoms with van der Waals surface area (Å²) >= 11 is 0. The van der Waals surface area contributed by atoms with Crippen molar-refractivity contribution in [2.24, 2.45) is 0 Å². The Morgan fingerprint density at radius 2 is 1.95 bits per heavy atom. The number of nitrogens with zero attached hydrogens (tertiary/aromatic N) is 5. The van der Waals surface area contributed by atoms with Crippen molar-refractivity contribution in [2.75, 3.05) is 19.0 Å². The van der Waals surface area contributed by atoms with Crippen LogP contribution in [0, 0.1) is 20.8 Å². The first-order valence-corrected chi connectivity index (χ1v) is 6.99. The minimum atomic E-state index is -0.285. The Morgan fingerprint density at radius 3 is 2.59 bits per heavy atom. The second kappa shape index (κ2) is 4.94. The lowest BCUT2D eigenvalue weighted by atomic mass is 10.0. The molecule has 0 aliphatic carbocycles. The van der Waals surface area contributed by atoms with Gasteiger partial charge in [-0.15, -0.1) is 0 Å². The average molecular weight is 298 g/mol. The molecular formula is C15H18N6O. The Bertz CT molecular complexity index is 922. The van der Waals surface area contributed by atoms with Gasteiger partial charge in [-0.2, -0.15) is 9.61 Å². The lowest BCUT2D eigenvalue weighted by molar-refractivity contribution is 0.810. The summed E-state index contributed by atoms with van der Waals surface area (Å²) in [5, 5.41) is 4.30. The quantitative estimate of drug-likeness (QED) is 0.775. The summed E-state index contributed by atoms with van der Waals surface area (Å²) in [6.07, 6.45) is 1.81. The maximum atomic E-state index is 12.0. The van der Waals surface area contributed by atoms with Crippen molar-refractivity contribution in [2.45, 2.75) is 20.8 Å². The monoisotopic (exact) mass is 298 g/mol. The number of hydrogen-bond donors (Lipinski definition) is 1. The third-order valence-electron chi connectivity index (χ3n) is 3.61. The summed E-state index contributed by atoms with van der Waals surface area (Å²) in [6, 6.07) is 2.01. The van der Waals surface area contributed by atoms with E-state index < -0.39 is 0 Å². The summed E-state index contributed by atoms with van der Waals surface area (Å²) in [5.74, 6) is 1.45. The Kier molecular flexibility index (Phi) is 3.20. The molecule has 3 aromatic rings. The number of anilines is 1. The van der Waals surface area contributed by atoms with Crippen LogP contribution in [0.3, 0.4) is 0 Å². The average Bonchev–Trinajstić information content (AvgIpc) is 2.75. The van der Waals surface area contributed by atoms with Gasteiger partial charge in [0.05, 0.1) is 11.3 Å². The molecule has 22 heavy (non-hydrogen) atoms. The second-order valence-corrected chi connectivity index (χ2v) is 5.58. The molecule has 7 nitrogen and oxygen atoms in total. The molecule has 0 aromatic carbocycles. The number of hydrogen-bond acceptors (Lipinski definition) is 5. The third kappa shape index (κ3) is 2.14. The highest BCUT2D eigenvalue weighted by molar-refractivity contribution is 5.81. The van der Waals surface area contributed by atoms with Crippen molar-refractivity contribution in [3.63, 3.8) is 0 Å². The van der Waals surface area contributed by atoms with Gasteiger partial charge in [-0.05, 0) is 32.4 Å². The van der Waals surface area contributed by atoms with E-state index >= 15 is 0 Å². The Balaban J connectivity index is 2.31. The molecule has 0 amide bonds. The van der Waals surface area contributed by atoms with Crippen LogP contribution in [0.25, 0.3) is 16.8 Å². The van der Waals surface area contributed by atoms with Crippen molar-refractivity contribution < 1.29 is 0 Å². The molecule has 7 heteroatoms. The highest BCUT2D eigenvalue weighted by Gasteiger charge is 2.17. The minimum absolute atomic E-state index is 0.285. The van der Waals surface area contributed by atoms with Crippen molar-refractivity contribution in [1.82, 2.24) is 24.6 Å². The first-order chi connectivity index (χ1) is 10.4. The summed E-state index contributed by atoms with van der Waals surface area (Å²) in [5.41, 5.74) is 3.89. The normalized spacial score (nSPS) is 11.1. The van der Waals surface area contributed by atoms with Crippen LogP contribution in [-0.2, 0) is 0 Å². The van der Waals surface area contributed by atoms with E-state index in [0.29, 0.717) is 11.5 Å². The molecule has 0 aliphatic heterocycles. The van der Waals surface area contributed by atoms with Gasteiger partial charge in [0.1, 0.15) is 11.6 Å². The Hall–Kier alpha value is -2.70. The number of H-pyrrole nitrogens is 1. The van der Waals surface area contributed by atoms with Crippen molar-refractivity contribution in [3.05, 3.63) is 39.8 Å². The zero-order valence-corrected chi connectivity index (χ0v) is 13.3. The first kappa shape index (κ1) is 14.2. The van der Waals surface area contributed by atoms with Crippen molar-refractivity contribution in [1.29, 1.82) is 0 Å². The van der Waals surface area contributed by atoms with E-state index in [4.69, 9.17) is 0 Å². The SMILES string of the molecule is Cc1nc2c(-c3cnc(N(C)C)cc3C)c(C)nn2c(=O)[nH]1.